The van der Waals surface area contributed by atoms with Gasteiger partial charge in [0, 0.05) is 6.04 Å². The van der Waals surface area contributed by atoms with Crippen LogP contribution >= 0.6 is 0 Å². The third-order valence-electron chi connectivity index (χ3n) is 3.64. The lowest BCUT2D eigenvalue weighted by Crippen LogP contribution is -2.19. The summed E-state index contributed by atoms with van der Waals surface area (Å²) in [5.41, 5.74) is 1.42. The maximum absolute atomic E-state index is 5.16. The van der Waals surface area contributed by atoms with E-state index in [2.05, 4.69) is 20.4 Å². The zero-order valence-electron chi connectivity index (χ0n) is 10.6. The Morgan fingerprint density at radius 2 is 1.94 bits per heavy atom. The van der Waals surface area contributed by atoms with Gasteiger partial charge in [0.25, 0.3) is 5.71 Å². The van der Waals surface area contributed by atoms with Crippen molar-refractivity contribution in [3.63, 3.8) is 0 Å². The zero-order chi connectivity index (χ0) is 12.4. The highest BCUT2D eigenvalue weighted by Crippen LogP contribution is 2.26. The number of nitrogens with zero attached hydrogens (tertiary/aromatic N) is 3. The second kappa shape index (κ2) is 4.92. The van der Waals surface area contributed by atoms with E-state index >= 15 is 0 Å². The van der Waals surface area contributed by atoms with Crippen molar-refractivity contribution in [3.05, 3.63) is 12.0 Å². The van der Waals surface area contributed by atoms with Crippen LogP contribution in [0.3, 0.4) is 0 Å². The maximum Gasteiger partial charge on any atom is 0.263 e. The number of anilines is 1. The molecule has 2 aromatic heterocycles. The lowest BCUT2D eigenvalue weighted by Gasteiger charge is -2.16. The Balaban J connectivity index is 1.87. The van der Waals surface area contributed by atoms with Crippen molar-refractivity contribution in [2.24, 2.45) is 0 Å². The first-order valence-electron chi connectivity index (χ1n) is 6.68. The van der Waals surface area contributed by atoms with Crippen LogP contribution in [-0.4, -0.2) is 21.2 Å². The van der Waals surface area contributed by atoms with Gasteiger partial charge in [0.1, 0.15) is 17.5 Å². The van der Waals surface area contributed by atoms with Gasteiger partial charge in [0.05, 0.1) is 5.69 Å². The molecule has 1 fully saturated rings. The third kappa shape index (κ3) is 2.17. The average molecular weight is 246 g/mol. The Kier molecular flexibility index (Phi) is 3.13. The van der Waals surface area contributed by atoms with E-state index in [0.717, 1.165) is 16.9 Å². The summed E-state index contributed by atoms with van der Waals surface area (Å²) in [6.07, 6.45) is 9.27. The topological polar surface area (TPSA) is 63.8 Å². The van der Waals surface area contributed by atoms with Gasteiger partial charge in [-0.1, -0.05) is 30.8 Å². The molecule has 0 spiro atoms. The zero-order valence-corrected chi connectivity index (χ0v) is 10.6. The molecule has 3 rings (SSSR count). The average Bonchev–Trinajstić information content (AvgIpc) is 2.61. The minimum absolute atomic E-state index is 0.514. The largest absolute Gasteiger partial charge is 0.367 e. The molecular weight excluding hydrogens is 228 g/mol. The van der Waals surface area contributed by atoms with Crippen LogP contribution in [0.5, 0.6) is 0 Å². The number of aromatic nitrogens is 3. The first kappa shape index (κ1) is 11.4. The van der Waals surface area contributed by atoms with Crippen molar-refractivity contribution in [1.82, 2.24) is 15.1 Å². The maximum atomic E-state index is 5.16. The fourth-order valence-electron chi connectivity index (χ4n) is 2.65. The molecule has 0 aromatic carbocycles. The van der Waals surface area contributed by atoms with Crippen molar-refractivity contribution in [2.75, 3.05) is 5.32 Å². The summed E-state index contributed by atoms with van der Waals surface area (Å²) in [6.45, 7) is 1.92. The minimum Gasteiger partial charge on any atom is -0.367 e. The van der Waals surface area contributed by atoms with Crippen molar-refractivity contribution >= 4 is 16.9 Å². The van der Waals surface area contributed by atoms with E-state index in [-0.39, 0.29) is 0 Å². The summed E-state index contributed by atoms with van der Waals surface area (Å²) in [6, 6.07) is 0.514. The van der Waals surface area contributed by atoms with Crippen LogP contribution in [0.15, 0.2) is 10.9 Å². The van der Waals surface area contributed by atoms with Crippen LogP contribution < -0.4 is 5.32 Å². The molecule has 1 aliphatic carbocycles. The first-order valence-corrected chi connectivity index (χ1v) is 6.68. The summed E-state index contributed by atoms with van der Waals surface area (Å²) >= 11 is 0. The number of hydrogen-bond donors (Lipinski definition) is 1. The smallest absolute Gasteiger partial charge is 0.263 e. The second-order valence-electron chi connectivity index (χ2n) is 5.00. The Morgan fingerprint density at radius 3 is 2.72 bits per heavy atom. The van der Waals surface area contributed by atoms with Crippen LogP contribution in [0.2, 0.25) is 0 Å². The van der Waals surface area contributed by atoms with Gasteiger partial charge < -0.3 is 9.84 Å². The SMILES string of the molecule is Cc1noc2ncnc(NC3CCCCCC3)c12. The summed E-state index contributed by atoms with van der Waals surface area (Å²) < 4.78 is 5.16. The predicted octanol–water partition coefficient (Wildman–Crippen LogP) is 3.06. The van der Waals surface area contributed by atoms with E-state index in [0.29, 0.717) is 11.8 Å². The molecule has 18 heavy (non-hydrogen) atoms. The molecule has 0 aliphatic heterocycles. The quantitative estimate of drug-likeness (QED) is 0.825. The molecule has 5 heteroatoms. The Hall–Kier alpha value is -1.65. The summed E-state index contributed by atoms with van der Waals surface area (Å²) in [7, 11) is 0. The van der Waals surface area contributed by atoms with Crippen molar-refractivity contribution < 1.29 is 4.52 Å². The predicted molar refractivity (Wildman–Crippen MR) is 69.4 cm³/mol. The molecule has 1 N–H and O–H groups in total. The number of fused-ring (bicyclic) bond motifs is 1. The van der Waals surface area contributed by atoms with Crippen LogP contribution in [0.25, 0.3) is 11.1 Å². The molecule has 96 valence electrons. The minimum atomic E-state index is 0.514. The standard InChI is InChI=1S/C13H18N4O/c1-9-11-12(14-8-15-13(11)18-17-9)16-10-6-4-2-3-5-7-10/h8,10H,2-7H2,1H3,(H,14,15,16). The van der Waals surface area contributed by atoms with E-state index in [1.807, 2.05) is 6.92 Å². The molecule has 0 atom stereocenters. The molecule has 2 heterocycles. The van der Waals surface area contributed by atoms with Gasteiger partial charge >= 0.3 is 0 Å². The van der Waals surface area contributed by atoms with Gasteiger partial charge in [-0.15, -0.1) is 0 Å². The lowest BCUT2D eigenvalue weighted by molar-refractivity contribution is 0.442. The molecule has 0 radical (unpaired) electrons. The van der Waals surface area contributed by atoms with Crippen LogP contribution in [0.4, 0.5) is 5.82 Å². The first-order chi connectivity index (χ1) is 8.84. The van der Waals surface area contributed by atoms with Gasteiger partial charge in [0.15, 0.2) is 0 Å². The van der Waals surface area contributed by atoms with Gasteiger partial charge in [-0.05, 0) is 19.8 Å². The number of rotatable bonds is 2. The molecule has 1 aliphatic rings. The highest BCUT2D eigenvalue weighted by molar-refractivity contribution is 5.87. The highest BCUT2D eigenvalue weighted by Gasteiger charge is 2.16. The molecule has 0 amide bonds. The van der Waals surface area contributed by atoms with E-state index < -0.39 is 0 Å². The monoisotopic (exact) mass is 246 g/mol. The van der Waals surface area contributed by atoms with Gasteiger partial charge in [0.2, 0.25) is 0 Å². The van der Waals surface area contributed by atoms with Crippen molar-refractivity contribution in [3.8, 4) is 0 Å². The number of nitrogens with one attached hydrogen (secondary N) is 1. The molecule has 0 unspecified atom stereocenters. The highest BCUT2D eigenvalue weighted by atomic mass is 16.5. The molecule has 2 aromatic rings. The third-order valence-corrected chi connectivity index (χ3v) is 3.64. The number of aryl methyl sites for hydroxylation is 1. The molecule has 0 saturated heterocycles. The van der Waals surface area contributed by atoms with Crippen LogP contribution in [0.1, 0.15) is 44.2 Å². The normalized spacial score (nSPS) is 17.8. The Morgan fingerprint density at radius 1 is 1.17 bits per heavy atom. The molecule has 0 bridgehead atoms. The Labute approximate surface area is 106 Å². The van der Waals surface area contributed by atoms with Crippen molar-refractivity contribution in [1.29, 1.82) is 0 Å². The Bertz CT molecular complexity index is 529. The van der Waals surface area contributed by atoms with E-state index in [9.17, 15) is 0 Å². The number of hydrogen-bond acceptors (Lipinski definition) is 5. The van der Waals surface area contributed by atoms with E-state index in [1.165, 1.54) is 44.9 Å². The van der Waals surface area contributed by atoms with E-state index in [1.54, 1.807) is 0 Å². The van der Waals surface area contributed by atoms with E-state index in [4.69, 9.17) is 4.52 Å². The second-order valence-corrected chi connectivity index (χ2v) is 5.00. The summed E-state index contributed by atoms with van der Waals surface area (Å²) in [5, 5.41) is 8.41. The molecular formula is C13H18N4O. The fraction of sp³-hybridized carbons (Fsp3) is 0.615. The molecule has 1 saturated carbocycles. The summed E-state index contributed by atoms with van der Waals surface area (Å²) in [5.74, 6) is 0.866. The fourth-order valence-corrected chi connectivity index (χ4v) is 2.65. The van der Waals surface area contributed by atoms with Crippen LogP contribution in [-0.2, 0) is 0 Å². The van der Waals surface area contributed by atoms with Crippen molar-refractivity contribution in [2.45, 2.75) is 51.5 Å². The van der Waals surface area contributed by atoms with Crippen LogP contribution in [0, 0.1) is 6.92 Å². The van der Waals surface area contributed by atoms with Gasteiger partial charge in [-0.25, -0.2) is 4.98 Å². The summed E-state index contributed by atoms with van der Waals surface area (Å²) in [4.78, 5) is 8.44. The lowest BCUT2D eigenvalue weighted by atomic mass is 10.1. The molecule has 5 nitrogen and oxygen atoms in total. The van der Waals surface area contributed by atoms with Gasteiger partial charge in [-0.2, -0.15) is 4.98 Å². The van der Waals surface area contributed by atoms with Gasteiger partial charge in [-0.3, -0.25) is 0 Å².